The molecule has 0 saturated carbocycles. The van der Waals surface area contributed by atoms with Crippen molar-refractivity contribution < 1.29 is 9.84 Å². The van der Waals surface area contributed by atoms with Crippen LogP contribution in [0.4, 0.5) is 0 Å². The van der Waals surface area contributed by atoms with E-state index in [0.29, 0.717) is 10.8 Å². The molecule has 0 amide bonds. The maximum atomic E-state index is 10.1. The fourth-order valence-electron chi connectivity index (χ4n) is 4.07. The zero-order chi connectivity index (χ0) is 24.9. The van der Waals surface area contributed by atoms with Crippen LogP contribution in [-0.2, 0) is 6.61 Å². The number of allylic oxidation sites excluding steroid dienone is 2. The molecule has 3 heterocycles. The van der Waals surface area contributed by atoms with Crippen molar-refractivity contribution in [1.29, 1.82) is 0 Å². The lowest BCUT2D eigenvalue weighted by Gasteiger charge is -2.21. The number of hydrogen-bond acceptors (Lipinski definition) is 7. The molecule has 8 heteroatoms. The Hall–Kier alpha value is -3.26. The lowest BCUT2D eigenvalue weighted by molar-refractivity contribution is 0.275. The molecule has 0 aliphatic heterocycles. The third-order valence-corrected chi connectivity index (χ3v) is 6.90. The van der Waals surface area contributed by atoms with E-state index in [0.717, 1.165) is 44.0 Å². The summed E-state index contributed by atoms with van der Waals surface area (Å²) >= 11 is 8.04. The fourth-order valence-corrected chi connectivity index (χ4v) is 5.03. The number of aromatic nitrogens is 3. The number of pyridine rings is 2. The van der Waals surface area contributed by atoms with E-state index in [4.69, 9.17) is 21.3 Å². The third-order valence-electron chi connectivity index (χ3n) is 5.68. The van der Waals surface area contributed by atoms with Gasteiger partial charge in [-0.05, 0) is 30.7 Å². The van der Waals surface area contributed by atoms with Crippen molar-refractivity contribution in [3.63, 3.8) is 0 Å². The standard InChI is InChI=1S/C27H27ClN4O2S/c1-5-7-24(32(3)4)19-12-17(2)31-26-18(19)8-6-9-25(26)34-16-22-20(13-29-14-23(22)28)21(15-33)27-30-10-11-35-27/h5-14,21,33H,1,15-16H2,2-4H3/b24-7-. The Bertz CT molecular complexity index is 1370. The van der Waals surface area contributed by atoms with Gasteiger partial charge in [-0.15, -0.1) is 11.3 Å². The molecule has 1 atom stereocenters. The van der Waals surface area contributed by atoms with Crippen LogP contribution in [0.3, 0.4) is 0 Å². The average Bonchev–Trinajstić information content (AvgIpc) is 3.36. The van der Waals surface area contributed by atoms with E-state index in [1.165, 1.54) is 11.3 Å². The lowest BCUT2D eigenvalue weighted by Crippen LogP contribution is -2.12. The highest BCUT2D eigenvalue weighted by molar-refractivity contribution is 7.09. The molecule has 0 saturated heterocycles. The summed E-state index contributed by atoms with van der Waals surface area (Å²) in [6, 6.07) is 7.98. The number of aliphatic hydroxyl groups excluding tert-OH is 1. The molecule has 0 aliphatic carbocycles. The van der Waals surface area contributed by atoms with Crippen molar-refractivity contribution in [1.82, 2.24) is 19.9 Å². The number of benzene rings is 1. The number of thiazole rings is 1. The maximum Gasteiger partial charge on any atom is 0.146 e. The van der Waals surface area contributed by atoms with E-state index >= 15 is 0 Å². The van der Waals surface area contributed by atoms with E-state index in [1.807, 2.05) is 50.7 Å². The molecule has 1 N–H and O–H groups in total. The predicted octanol–water partition coefficient (Wildman–Crippen LogP) is 5.84. The van der Waals surface area contributed by atoms with Crippen LogP contribution in [0.5, 0.6) is 5.75 Å². The van der Waals surface area contributed by atoms with Crippen LogP contribution in [-0.4, -0.2) is 45.7 Å². The molecule has 3 aromatic heterocycles. The maximum absolute atomic E-state index is 10.1. The predicted molar refractivity (Wildman–Crippen MR) is 143 cm³/mol. The second kappa shape index (κ2) is 11.0. The summed E-state index contributed by atoms with van der Waals surface area (Å²) < 4.78 is 6.32. The molecule has 0 fully saturated rings. The number of para-hydroxylation sites is 1. The highest BCUT2D eigenvalue weighted by Crippen LogP contribution is 2.35. The molecule has 1 aromatic carbocycles. The second-order valence-corrected chi connectivity index (χ2v) is 9.56. The summed E-state index contributed by atoms with van der Waals surface area (Å²) in [5, 5.41) is 14.3. The van der Waals surface area contributed by atoms with Gasteiger partial charge in [0.05, 0.1) is 17.5 Å². The minimum Gasteiger partial charge on any atom is -0.487 e. The number of nitrogens with zero attached hydrogens (tertiary/aromatic N) is 4. The van der Waals surface area contributed by atoms with Crippen LogP contribution in [0.15, 0.2) is 67.0 Å². The number of aryl methyl sites for hydroxylation is 1. The summed E-state index contributed by atoms with van der Waals surface area (Å²) in [5.74, 6) is 0.323. The molecular formula is C27H27ClN4O2S. The van der Waals surface area contributed by atoms with Crippen LogP contribution >= 0.6 is 22.9 Å². The molecule has 180 valence electrons. The van der Waals surface area contributed by atoms with E-state index in [1.54, 1.807) is 24.7 Å². The largest absolute Gasteiger partial charge is 0.487 e. The normalized spacial score (nSPS) is 12.5. The Kier molecular flexibility index (Phi) is 7.80. The van der Waals surface area contributed by atoms with Crippen LogP contribution in [0.25, 0.3) is 16.6 Å². The van der Waals surface area contributed by atoms with Gasteiger partial charge >= 0.3 is 0 Å². The molecule has 4 aromatic rings. The number of fused-ring (bicyclic) bond motifs is 1. The van der Waals surface area contributed by atoms with Gasteiger partial charge in [0.1, 0.15) is 22.9 Å². The minimum absolute atomic E-state index is 0.107. The van der Waals surface area contributed by atoms with Crippen molar-refractivity contribution in [2.24, 2.45) is 0 Å². The fraction of sp³-hybridized carbons (Fsp3) is 0.222. The van der Waals surface area contributed by atoms with Gasteiger partial charge in [-0.1, -0.05) is 36.4 Å². The Balaban J connectivity index is 1.75. The van der Waals surface area contributed by atoms with Gasteiger partial charge in [-0.3, -0.25) is 4.98 Å². The van der Waals surface area contributed by atoms with E-state index in [9.17, 15) is 5.11 Å². The highest BCUT2D eigenvalue weighted by atomic mass is 35.5. The van der Waals surface area contributed by atoms with Gasteiger partial charge in [0.2, 0.25) is 0 Å². The Labute approximate surface area is 214 Å². The van der Waals surface area contributed by atoms with Crippen molar-refractivity contribution in [2.75, 3.05) is 20.7 Å². The van der Waals surface area contributed by atoms with Gasteiger partial charge in [-0.2, -0.15) is 0 Å². The zero-order valence-electron chi connectivity index (χ0n) is 19.9. The second-order valence-electron chi connectivity index (χ2n) is 8.23. The van der Waals surface area contributed by atoms with Gasteiger partial charge in [-0.25, -0.2) is 9.97 Å². The molecule has 6 nitrogen and oxygen atoms in total. The first-order valence-corrected chi connectivity index (χ1v) is 12.4. The topological polar surface area (TPSA) is 71.4 Å². The Morgan fingerprint density at radius 3 is 2.83 bits per heavy atom. The van der Waals surface area contributed by atoms with Crippen molar-refractivity contribution in [3.8, 4) is 5.75 Å². The quantitative estimate of drug-likeness (QED) is 0.287. The molecule has 4 rings (SSSR count). The molecule has 35 heavy (non-hydrogen) atoms. The molecule has 0 radical (unpaired) electrons. The van der Waals surface area contributed by atoms with Crippen molar-refractivity contribution in [2.45, 2.75) is 19.4 Å². The summed E-state index contributed by atoms with van der Waals surface area (Å²) in [6.07, 6.45) is 8.80. The van der Waals surface area contributed by atoms with Crippen LogP contribution in [0, 0.1) is 6.92 Å². The first-order chi connectivity index (χ1) is 16.9. The molecule has 0 aliphatic rings. The van der Waals surface area contributed by atoms with Crippen LogP contribution in [0.2, 0.25) is 5.02 Å². The van der Waals surface area contributed by atoms with Gasteiger partial charge in [0.15, 0.2) is 0 Å². The van der Waals surface area contributed by atoms with E-state index in [-0.39, 0.29) is 19.1 Å². The van der Waals surface area contributed by atoms with E-state index in [2.05, 4.69) is 27.5 Å². The SMILES string of the molecule is C=C/C=C(/c1cc(C)nc2c(OCc3c(Cl)cncc3C(CO)c3nccs3)cccc12)N(C)C. The molecular weight excluding hydrogens is 480 g/mol. The van der Waals surface area contributed by atoms with Gasteiger partial charge in [0.25, 0.3) is 0 Å². The molecule has 1 unspecified atom stereocenters. The van der Waals surface area contributed by atoms with Crippen molar-refractivity contribution in [3.05, 3.63) is 99.4 Å². The summed E-state index contributed by atoms with van der Waals surface area (Å²) in [4.78, 5) is 15.5. The smallest absolute Gasteiger partial charge is 0.146 e. The monoisotopic (exact) mass is 506 g/mol. The number of hydrogen-bond donors (Lipinski definition) is 1. The number of aliphatic hydroxyl groups is 1. The lowest BCUT2D eigenvalue weighted by atomic mass is 9.97. The molecule has 0 bridgehead atoms. The van der Waals surface area contributed by atoms with Gasteiger partial charge < -0.3 is 14.7 Å². The Morgan fingerprint density at radius 2 is 2.14 bits per heavy atom. The number of ether oxygens (including phenoxy) is 1. The van der Waals surface area contributed by atoms with E-state index < -0.39 is 0 Å². The highest BCUT2D eigenvalue weighted by Gasteiger charge is 2.22. The number of halogens is 1. The van der Waals surface area contributed by atoms with Crippen molar-refractivity contribution >= 4 is 39.5 Å². The third kappa shape index (κ3) is 5.22. The van der Waals surface area contributed by atoms with Crippen LogP contribution < -0.4 is 4.74 Å². The minimum atomic E-state index is -0.328. The summed E-state index contributed by atoms with van der Waals surface area (Å²) in [5.41, 5.74) is 5.29. The summed E-state index contributed by atoms with van der Waals surface area (Å²) in [7, 11) is 4.01. The zero-order valence-corrected chi connectivity index (χ0v) is 21.5. The van der Waals surface area contributed by atoms with Crippen LogP contribution in [0.1, 0.15) is 33.3 Å². The summed E-state index contributed by atoms with van der Waals surface area (Å²) in [6.45, 7) is 5.93. The van der Waals surface area contributed by atoms with Gasteiger partial charge in [0, 0.05) is 66.0 Å². The first-order valence-electron chi connectivity index (χ1n) is 11.1. The average molecular weight is 507 g/mol. The first kappa shape index (κ1) is 24.9. The molecule has 0 spiro atoms. The Morgan fingerprint density at radius 1 is 1.31 bits per heavy atom. The number of rotatable bonds is 9.